The summed E-state index contributed by atoms with van der Waals surface area (Å²) < 4.78 is 0. The van der Waals surface area contributed by atoms with Crippen LogP contribution >= 0.6 is 0 Å². The largest absolute Gasteiger partial charge is 0.304 e. The molecule has 379 valence electrons. The van der Waals surface area contributed by atoms with Crippen molar-refractivity contribution in [2.45, 2.75) is 156 Å². The Hall–Kier alpha value is -6.08. The quantitative estimate of drug-likeness (QED) is 0.0374. The Balaban J connectivity index is 0.00000780. The molecular formula is C65H74IrN7-. The van der Waals surface area contributed by atoms with Gasteiger partial charge >= 0.3 is 0 Å². The van der Waals surface area contributed by atoms with E-state index in [1.165, 1.54) is 125 Å². The monoisotopic (exact) mass is 1150 g/mol. The molecule has 0 bridgehead atoms. The van der Waals surface area contributed by atoms with Crippen molar-refractivity contribution in [2.24, 2.45) is 0 Å². The Kier molecular flexibility index (Phi) is 21.7. The zero-order valence-electron chi connectivity index (χ0n) is 43.8. The second-order valence-electron chi connectivity index (χ2n) is 19.6. The van der Waals surface area contributed by atoms with Gasteiger partial charge in [0.15, 0.2) is 29.1 Å². The maximum absolute atomic E-state index is 5.06. The number of pyridine rings is 1. The molecule has 7 nitrogen and oxygen atoms in total. The Labute approximate surface area is 450 Å². The average Bonchev–Trinajstić information content (AvgIpc) is 3.44. The number of unbranched alkanes of at least 4 members (excludes halogenated alkanes) is 12. The van der Waals surface area contributed by atoms with Gasteiger partial charge in [0.25, 0.3) is 0 Å². The number of hydrogen-bond acceptors (Lipinski definition) is 7. The summed E-state index contributed by atoms with van der Waals surface area (Å²) in [6, 6.07) is 48.6. The van der Waals surface area contributed by atoms with Crippen molar-refractivity contribution in [3.05, 3.63) is 162 Å². The summed E-state index contributed by atoms with van der Waals surface area (Å²) in [6.07, 6.45) is 26.2. The van der Waals surface area contributed by atoms with Crippen molar-refractivity contribution in [1.82, 2.24) is 34.9 Å². The summed E-state index contributed by atoms with van der Waals surface area (Å²) in [6.45, 7) is 9.02. The minimum absolute atomic E-state index is 0. The molecule has 5 aromatic carbocycles. The van der Waals surface area contributed by atoms with E-state index in [0.717, 1.165) is 70.3 Å². The topological polar surface area (TPSA) is 90.2 Å². The molecule has 0 aliphatic carbocycles. The van der Waals surface area contributed by atoms with Crippen LogP contribution in [0.4, 0.5) is 0 Å². The van der Waals surface area contributed by atoms with Gasteiger partial charge in [-0.1, -0.05) is 220 Å². The van der Waals surface area contributed by atoms with E-state index in [9.17, 15) is 0 Å². The first-order chi connectivity index (χ1) is 35.5. The van der Waals surface area contributed by atoms with Crippen molar-refractivity contribution in [1.29, 1.82) is 0 Å². The third-order valence-electron chi connectivity index (χ3n) is 13.8. The minimum Gasteiger partial charge on any atom is -0.304 e. The Morgan fingerprint density at radius 2 is 0.589 bits per heavy atom. The minimum atomic E-state index is 0. The van der Waals surface area contributed by atoms with Crippen LogP contribution in [0.2, 0.25) is 0 Å². The average molecular weight is 1150 g/mol. The van der Waals surface area contributed by atoms with E-state index in [-0.39, 0.29) is 20.1 Å². The van der Waals surface area contributed by atoms with E-state index in [4.69, 9.17) is 34.9 Å². The SMILES string of the molecule is CCCCCCc1ccc(-c2nc(-c3c[c-]c(-c4ccc(-c5nc(-c6ccc(CCCCCC)cc6)nc(-c6ccc(CCCCCC)cc6)n5)cn4)cc3)nc(-c3ccc(CCCCCC)cc3)n2)cc1.[Ir]. The van der Waals surface area contributed by atoms with Crippen LogP contribution in [0.1, 0.15) is 153 Å². The van der Waals surface area contributed by atoms with Gasteiger partial charge in [-0.2, -0.15) is 0 Å². The van der Waals surface area contributed by atoms with Gasteiger partial charge < -0.3 is 4.98 Å². The summed E-state index contributed by atoms with van der Waals surface area (Å²) in [7, 11) is 0. The van der Waals surface area contributed by atoms with E-state index in [1.807, 2.05) is 30.5 Å². The van der Waals surface area contributed by atoms with E-state index < -0.39 is 0 Å². The Morgan fingerprint density at radius 3 is 0.863 bits per heavy atom. The van der Waals surface area contributed by atoms with Gasteiger partial charge in [0.2, 0.25) is 0 Å². The zero-order valence-corrected chi connectivity index (χ0v) is 46.2. The predicted octanol–water partition coefficient (Wildman–Crippen LogP) is 17.4. The molecule has 0 saturated heterocycles. The van der Waals surface area contributed by atoms with Gasteiger partial charge in [-0.15, -0.1) is 29.8 Å². The van der Waals surface area contributed by atoms with Gasteiger partial charge in [-0.3, -0.25) is 0 Å². The standard InChI is InChI=1S/C65H74N7.Ir/c1-5-9-13-17-21-48-25-33-53(34-26-48)60-67-61(54-35-27-49(28-36-54)22-18-14-10-6-2)69-64(68-60)57-43-41-52(42-44-57)59-46-45-58(47-66-59)65-71-62(55-37-29-50(30-38-55)23-19-15-11-7-3)70-63(72-65)56-39-31-51(32-40-56)24-20-16-12-8-4;/h25-41,43-47H,5-24H2,1-4H3;/q-1;. The number of aryl methyl sites for hydroxylation is 4. The maximum Gasteiger partial charge on any atom is 0.165 e. The normalized spacial score (nSPS) is 11.2. The molecule has 3 heterocycles. The Morgan fingerprint density at radius 1 is 0.301 bits per heavy atom. The molecule has 0 aliphatic rings. The second-order valence-corrected chi connectivity index (χ2v) is 19.6. The molecule has 0 amide bonds. The number of hydrogen-bond donors (Lipinski definition) is 0. The molecule has 0 N–H and O–H groups in total. The van der Waals surface area contributed by atoms with Crippen LogP contribution in [0, 0.1) is 6.07 Å². The van der Waals surface area contributed by atoms with Crippen LogP contribution < -0.4 is 0 Å². The van der Waals surface area contributed by atoms with Crippen LogP contribution in [0.15, 0.2) is 134 Å². The van der Waals surface area contributed by atoms with Gasteiger partial charge in [-0.25, -0.2) is 29.9 Å². The van der Waals surface area contributed by atoms with E-state index in [2.05, 4.69) is 137 Å². The molecular weight excluding hydrogens is 1070 g/mol. The zero-order chi connectivity index (χ0) is 49.7. The second kappa shape index (κ2) is 29.0. The Bertz CT molecular complexity index is 2510. The van der Waals surface area contributed by atoms with Crippen LogP contribution in [0.5, 0.6) is 0 Å². The van der Waals surface area contributed by atoms with Crippen LogP contribution in [0.25, 0.3) is 79.6 Å². The van der Waals surface area contributed by atoms with Crippen molar-refractivity contribution in [3.63, 3.8) is 0 Å². The summed E-state index contributed by atoms with van der Waals surface area (Å²) in [4.78, 5) is 35.3. The fourth-order valence-electron chi connectivity index (χ4n) is 9.24. The van der Waals surface area contributed by atoms with Gasteiger partial charge in [-0.05, 0) is 79.3 Å². The van der Waals surface area contributed by atoms with Gasteiger partial charge in [0.1, 0.15) is 5.82 Å². The molecule has 0 saturated carbocycles. The number of aromatic nitrogens is 7. The van der Waals surface area contributed by atoms with Crippen LogP contribution in [-0.2, 0) is 45.8 Å². The summed E-state index contributed by atoms with van der Waals surface area (Å²) in [5, 5.41) is 0. The molecule has 0 spiro atoms. The summed E-state index contributed by atoms with van der Waals surface area (Å²) >= 11 is 0. The van der Waals surface area contributed by atoms with Crippen molar-refractivity contribution in [3.8, 4) is 79.6 Å². The first-order valence-corrected chi connectivity index (χ1v) is 27.4. The molecule has 8 heteroatoms. The van der Waals surface area contributed by atoms with Gasteiger partial charge in [0.05, 0.1) is 0 Å². The fourth-order valence-corrected chi connectivity index (χ4v) is 9.24. The third kappa shape index (κ3) is 16.0. The van der Waals surface area contributed by atoms with E-state index in [0.29, 0.717) is 34.9 Å². The van der Waals surface area contributed by atoms with Crippen molar-refractivity contribution >= 4 is 0 Å². The molecule has 8 rings (SSSR count). The molecule has 0 aliphatic heterocycles. The van der Waals surface area contributed by atoms with E-state index in [1.54, 1.807) is 0 Å². The number of nitrogens with zero attached hydrogens (tertiary/aromatic N) is 7. The smallest absolute Gasteiger partial charge is 0.165 e. The predicted molar refractivity (Wildman–Crippen MR) is 299 cm³/mol. The molecule has 0 unspecified atom stereocenters. The van der Waals surface area contributed by atoms with Crippen molar-refractivity contribution in [2.75, 3.05) is 0 Å². The number of rotatable bonds is 27. The molecule has 73 heavy (non-hydrogen) atoms. The summed E-state index contributed by atoms with van der Waals surface area (Å²) in [5.41, 5.74) is 12.6. The summed E-state index contributed by atoms with van der Waals surface area (Å²) in [5.74, 6) is 3.82. The molecule has 0 fully saturated rings. The molecule has 0 atom stereocenters. The third-order valence-corrected chi connectivity index (χ3v) is 13.8. The maximum atomic E-state index is 5.06. The van der Waals surface area contributed by atoms with Crippen molar-refractivity contribution < 1.29 is 20.1 Å². The van der Waals surface area contributed by atoms with Crippen LogP contribution in [-0.4, -0.2) is 34.9 Å². The van der Waals surface area contributed by atoms with E-state index >= 15 is 0 Å². The van der Waals surface area contributed by atoms with Crippen LogP contribution in [0.3, 0.4) is 0 Å². The molecule has 3 aromatic heterocycles. The first kappa shape index (κ1) is 54.7. The molecule has 8 aromatic rings. The molecule has 1 radical (unpaired) electrons. The number of benzene rings is 5. The fraction of sp³-hybridized carbons (Fsp3) is 0.369. The first-order valence-electron chi connectivity index (χ1n) is 27.4. The van der Waals surface area contributed by atoms with Gasteiger partial charge in [0, 0.05) is 54.1 Å².